The fourth-order valence-corrected chi connectivity index (χ4v) is 3.83. The van der Waals surface area contributed by atoms with E-state index in [-0.39, 0.29) is 23.5 Å². The van der Waals surface area contributed by atoms with Gasteiger partial charge in [0.15, 0.2) is 0 Å². The molecule has 0 bridgehead atoms. The molecule has 0 spiro atoms. The van der Waals surface area contributed by atoms with Crippen LogP contribution in [0.1, 0.15) is 32.8 Å². The van der Waals surface area contributed by atoms with Gasteiger partial charge in [0, 0.05) is 23.9 Å². The van der Waals surface area contributed by atoms with E-state index < -0.39 is 5.60 Å². The lowest BCUT2D eigenvalue weighted by Crippen LogP contribution is -2.38. The molecular weight excluding hydrogens is 294 g/mol. The molecule has 2 unspecified atom stereocenters. The number of amides is 1. The quantitative estimate of drug-likeness (QED) is 0.930. The molecule has 1 N–H and O–H groups in total. The summed E-state index contributed by atoms with van der Waals surface area (Å²) in [6.45, 7) is 6.81. The Labute approximate surface area is 137 Å². The smallest absolute Gasteiger partial charge is 0.410 e. The average molecular weight is 319 g/mol. The second-order valence-electron chi connectivity index (χ2n) is 7.76. The first kappa shape index (κ1) is 16.1. The van der Waals surface area contributed by atoms with E-state index in [2.05, 4.69) is 0 Å². The summed E-state index contributed by atoms with van der Waals surface area (Å²) in [6, 6.07) is 7.94. The summed E-state index contributed by atoms with van der Waals surface area (Å²) in [5.74, 6) is 0.808. The molecule has 1 aliphatic heterocycles. The molecule has 2 aliphatic rings. The van der Waals surface area contributed by atoms with Gasteiger partial charge in [-0.25, -0.2) is 4.79 Å². The van der Waals surface area contributed by atoms with Gasteiger partial charge in [0.1, 0.15) is 11.4 Å². The number of fused-ring (bicyclic) bond motifs is 1. The molecule has 1 saturated heterocycles. The lowest BCUT2D eigenvalue weighted by atomic mass is 9.89. The Hall–Kier alpha value is -1.75. The normalized spacial score (nSPS) is 29.2. The summed E-state index contributed by atoms with van der Waals surface area (Å²) in [6.07, 6.45) is 0.604. The molecule has 1 aliphatic carbocycles. The first-order valence-electron chi connectivity index (χ1n) is 7.99. The van der Waals surface area contributed by atoms with Crippen molar-refractivity contribution in [2.24, 2.45) is 5.41 Å². The second kappa shape index (κ2) is 5.13. The Bertz CT molecular complexity index is 606. The summed E-state index contributed by atoms with van der Waals surface area (Å²) in [5.41, 5.74) is 0.242. The topological polar surface area (TPSA) is 59.0 Å². The predicted molar refractivity (Wildman–Crippen MR) is 86.6 cm³/mol. The monoisotopic (exact) mass is 319 g/mol. The number of ether oxygens (including phenoxy) is 2. The maximum atomic E-state index is 12.4. The molecule has 2 fully saturated rings. The van der Waals surface area contributed by atoms with Gasteiger partial charge in [0.25, 0.3) is 0 Å². The van der Waals surface area contributed by atoms with Crippen molar-refractivity contribution in [2.75, 3.05) is 26.8 Å². The number of carbonyl (C=O) groups is 1. The van der Waals surface area contributed by atoms with Crippen LogP contribution in [0, 0.1) is 5.41 Å². The number of methoxy groups -OCH3 is 1. The second-order valence-corrected chi connectivity index (χ2v) is 7.76. The molecule has 126 valence electrons. The SMILES string of the molecule is COc1ccc(C23CN(C(=O)OC(C)(C)C)CC2(CO)C3)cc1. The Kier molecular flexibility index (Phi) is 3.59. The molecule has 3 rings (SSSR count). The van der Waals surface area contributed by atoms with E-state index in [0.717, 1.165) is 17.7 Å². The lowest BCUT2D eigenvalue weighted by Gasteiger charge is -2.26. The number of aliphatic hydroxyl groups excluding tert-OH is 1. The maximum Gasteiger partial charge on any atom is 0.410 e. The number of aliphatic hydroxyl groups is 1. The average Bonchev–Trinajstić information content (AvgIpc) is 3.03. The van der Waals surface area contributed by atoms with Crippen molar-refractivity contribution >= 4 is 6.09 Å². The molecule has 2 atom stereocenters. The molecule has 1 amide bonds. The van der Waals surface area contributed by atoms with Gasteiger partial charge in [0.05, 0.1) is 13.7 Å². The van der Waals surface area contributed by atoms with Crippen LogP contribution in [0.4, 0.5) is 4.79 Å². The fraction of sp³-hybridized carbons (Fsp3) is 0.611. The molecule has 1 saturated carbocycles. The van der Waals surface area contributed by atoms with Crippen molar-refractivity contribution in [3.63, 3.8) is 0 Å². The highest BCUT2D eigenvalue weighted by molar-refractivity contribution is 5.70. The molecule has 5 nitrogen and oxygen atoms in total. The van der Waals surface area contributed by atoms with Crippen LogP contribution < -0.4 is 4.74 Å². The third-order valence-electron chi connectivity index (χ3n) is 5.08. The number of rotatable bonds is 3. The largest absolute Gasteiger partial charge is 0.497 e. The fourth-order valence-electron chi connectivity index (χ4n) is 3.83. The maximum absolute atomic E-state index is 12.4. The highest BCUT2D eigenvalue weighted by Crippen LogP contribution is 2.68. The van der Waals surface area contributed by atoms with E-state index in [9.17, 15) is 9.90 Å². The molecule has 1 aromatic rings. The Morgan fingerprint density at radius 1 is 1.26 bits per heavy atom. The molecule has 0 aromatic heterocycles. The van der Waals surface area contributed by atoms with Crippen molar-refractivity contribution in [1.82, 2.24) is 4.90 Å². The molecule has 23 heavy (non-hydrogen) atoms. The number of likely N-dealkylation sites (tertiary alicyclic amines) is 1. The van der Waals surface area contributed by atoms with Gasteiger partial charge in [-0.1, -0.05) is 12.1 Å². The zero-order chi connectivity index (χ0) is 16.9. The molecule has 5 heteroatoms. The van der Waals surface area contributed by atoms with Crippen LogP contribution in [0.25, 0.3) is 0 Å². The van der Waals surface area contributed by atoms with Crippen LogP contribution in [0.5, 0.6) is 5.75 Å². The third kappa shape index (κ3) is 2.57. The molecule has 0 radical (unpaired) electrons. The van der Waals surface area contributed by atoms with E-state index >= 15 is 0 Å². The van der Waals surface area contributed by atoms with E-state index in [0.29, 0.717) is 13.1 Å². The number of hydrogen-bond donors (Lipinski definition) is 1. The zero-order valence-electron chi connectivity index (χ0n) is 14.3. The van der Waals surface area contributed by atoms with Gasteiger partial charge in [-0.2, -0.15) is 0 Å². The van der Waals surface area contributed by atoms with Crippen LogP contribution in [-0.2, 0) is 10.2 Å². The van der Waals surface area contributed by atoms with E-state index in [1.54, 1.807) is 12.0 Å². The van der Waals surface area contributed by atoms with Gasteiger partial charge in [-0.3, -0.25) is 0 Å². The zero-order valence-corrected chi connectivity index (χ0v) is 14.3. The molecule has 1 heterocycles. The van der Waals surface area contributed by atoms with Crippen molar-refractivity contribution < 1.29 is 19.4 Å². The van der Waals surface area contributed by atoms with E-state index in [1.165, 1.54) is 0 Å². The number of carbonyl (C=O) groups excluding carboxylic acids is 1. The predicted octanol–water partition coefficient (Wildman–Crippen LogP) is 2.57. The summed E-state index contributed by atoms with van der Waals surface area (Å²) >= 11 is 0. The van der Waals surface area contributed by atoms with Crippen molar-refractivity contribution in [2.45, 2.75) is 38.2 Å². The first-order valence-corrected chi connectivity index (χ1v) is 7.99. The summed E-state index contributed by atoms with van der Waals surface area (Å²) in [7, 11) is 1.64. The number of hydrogen-bond acceptors (Lipinski definition) is 4. The van der Waals surface area contributed by atoms with Gasteiger partial charge in [-0.05, 0) is 44.9 Å². The van der Waals surface area contributed by atoms with Crippen LogP contribution >= 0.6 is 0 Å². The Morgan fingerprint density at radius 3 is 2.43 bits per heavy atom. The minimum absolute atomic E-state index is 0.0817. The third-order valence-corrected chi connectivity index (χ3v) is 5.08. The van der Waals surface area contributed by atoms with Crippen molar-refractivity contribution in [1.29, 1.82) is 0 Å². The Morgan fingerprint density at radius 2 is 1.91 bits per heavy atom. The van der Waals surface area contributed by atoms with Gasteiger partial charge < -0.3 is 19.5 Å². The van der Waals surface area contributed by atoms with Crippen LogP contribution in [-0.4, -0.2) is 48.5 Å². The highest BCUT2D eigenvalue weighted by atomic mass is 16.6. The molecular formula is C18H25NO4. The van der Waals surface area contributed by atoms with Crippen LogP contribution in [0.2, 0.25) is 0 Å². The minimum atomic E-state index is -0.510. The highest BCUT2D eigenvalue weighted by Gasteiger charge is 2.73. The summed E-state index contributed by atoms with van der Waals surface area (Å²) in [5, 5.41) is 9.92. The lowest BCUT2D eigenvalue weighted by molar-refractivity contribution is 0.0250. The standard InChI is InChI=1S/C18H25NO4/c1-16(2,3)23-15(21)19-10-17(12-20)9-18(17,11-19)13-5-7-14(22-4)8-6-13/h5-8,20H,9-12H2,1-4H3. The molecule has 1 aromatic carbocycles. The van der Waals surface area contributed by atoms with Crippen LogP contribution in [0.15, 0.2) is 24.3 Å². The summed E-state index contributed by atoms with van der Waals surface area (Å²) in [4.78, 5) is 14.1. The van der Waals surface area contributed by atoms with Gasteiger partial charge in [0.2, 0.25) is 0 Å². The van der Waals surface area contributed by atoms with E-state index in [1.807, 2.05) is 45.0 Å². The number of piperidine rings is 1. The van der Waals surface area contributed by atoms with Gasteiger partial charge >= 0.3 is 6.09 Å². The summed E-state index contributed by atoms with van der Waals surface area (Å²) < 4.78 is 10.7. The minimum Gasteiger partial charge on any atom is -0.497 e. The van der Waals surface area contributed by atoms with Crippen molar-refractivity contribution in [3.8, 4) is 5.75 Å². The Balaban J connectivity index is 1.81. The van der Waals surface area contributed by atoms with E-state index in [4.69, 9.17) is 9.47 Å². The van der Waals surface area contributed by atoms with Crippen LogP contribution in [0.3, 0.4) is 0 Å². The first-order chi connectivity index (χ1) is 10.8. The van der Waals surface area contributed by atoms with Gasteiger partial charge in [-0.15, -0.1) is 0 Å². The number of benzene rings is 1. The number of nitrogens with zero attached hydrogens (tertiary/aromatic N) is 1. The van der Waals surface area contributed by atoms with Crippen molar-refractivity contribution in [3.05, 3.63) is 29.8 Å².